The number of nitrogens with one attached hydrogen (secondary N) is 3. The summed E-state index contributed by atoms with van der Waals surface area (Å²) in [5.74, 6) is 0.854. The molecule has 0 unspecified atom stereocenters. The van der Waals surface area contributed by atoms with E-state index in [2.05, 4.69) is 31.0 Å². The molecule has 32 heavy (non-hydrogen) atoms. The minimum absolute atomic E-state index is 0.223. The lowest BCUT2D eigenvalue weighted by Gasteiger charge is -2.16. The second-order valence-corrected chi connectivity index (χ2v) is 7.17. The first-order valence-electron chi connectivity index (χ1n) is 9.75. The number of hydrogen-bond donors (Lipinski definition) is 4. The van der Waals surface area contributed by atoms with E-state index in [0.29, 0.717) is 28.2 Å². The second kappa shape index (κ2) is 9.90. The van der Waals surface area contributed by atoms with Gasteiger partial charge in [0.15, 0.2) is 5.82 Å². The van der Waals surface area contributed by atoms with E-state index in [1.165, 1.54) is 10.9 Å². The van der Waals surface area contributed by atoms with Crippen molar-refractivity contribution < 1.29 is 9.90 Å². The van der Waals surface area contributed by atoms with Gasteiger partial charge in [-0.25, -0.2) is 14.5 Å². The number of urea groups is 1. The topological polar surface area (TPSA) is 117 Å². The molecule has 2 heterocycles. The number of aliphatic hydroxyl groups is 1. The van der Waals surface area contributed by atoms with Crippen molar-refractivity contribution in [1.82, 2.24) is 25.1 Å². The average molecular weight is 450 g/mol. The summed E-state index contributed by atoms with van der Waals surface area (Å²) in [4.78, 5) is 21.0. The van der Waals surface area contributed by atoms with Crippen LogP contribution in [-0.2, 0) is 0 Å². The Hall–Kier alpha value is -3.95. The number of carbonyl (C=O) groups is 1. The molecule has 9 nitrogen and oxygen atoms in total. The van der Waals surface area contributed by atoms with E-state index in [0.717, 1.165) is 5.56 Å². The lowest BCUT2D eigenvalue weighted by Crippen LogP contribution is -2.34. The predicted molar refractivity (Wildman–Crippen MR) is 122 cm³/mol. The lowest BCUT2D eigenvalue weighted by atomic mass is 10.1. The zero-order valence-corrected chi connectivity index (χ0v) is 17.6. The Morgan fingerprint density at radius 3 is 2.66 bits per heavy atom. The third kappa shape index (κ3) is 5.20. The van der Waals surface area contributed by atoms with Crippen molar-refractivity contribution in [1.29, 1.82) is 0 Å². The molecule has 2 aromatic heterocycles. The molecule has 4 N–H and O–H groups in total. The quantitative estimate of drug-likeness (QED) is 0.340. The highest BCUT2D eigenvalue weighted by Gasteiger charge is 2.14. The third-order valence-corrected chi connectivity index (χ3v) is 4.86. The number of amides is 2. The van der Waals surface area contributed by atoms with Crippen molar-refractivity contribution in [2.24, 2.45) is 0 Å². The molecule has 162 valence electrons. The van der Waals surface area contributed by atoms with Gasteiger partial charge in [0.1, 0.15) is 0 Å². The molecule has 0 spiro atoms. The maximum atomic E-state index is 12.4. The summed E-state index contributed by atoms with van der Waals surface area (Å²) in [5, 5.41) is 22.9. The second-order valence-electron chi connectivity index (χ2n) is 6.76. The molecule has 0 bridgehead atoms. The van der Waals surface area contributed by atoms with Gasteiger partial charge in [-0.3, -0.25) is 0 Å². The molecule has 10 heteroatoms. The summed E-state index contributed by atoms with van der Waals surface area (Å²) in [5.41, 5.74) is 1.95. The minimum atomic E-state index is -0.522. The van der Waals surface area contributed by atoms with Crippen LogP contribution >= 0.6 is 11.6 Å². The number of anilines is 3. The van der Waals surface area contributed by atoms with Crippen LogP contribution in [0, 0.1) is 0 Å². The minimum Gasteiger partial charge on any atom is -0.394 e. The van der Waals surface area contributed by atoms with Gasteiger partial charge in [0, 0.05) is 12.3 Å². The summed E-state index contributed by atoms with van der Waals surface area (Å²) >= 11 is 6.17. The lowest BCUT2D eigenvalue weighted by molar-refractivity contribution is 0.225. The number of aromatic nitrogens is 4. The fourth-order valence-corrected chi connectivity index (χ4v) is 3.16. The molecule has 0 aliphatic heterocycles. The number of halogens is 1. The first kappa shape index (κ1) is 21.3. The Kier molecular flexibility index (Phi) is 6.59. The highest BCUT2D eigenvalue weighted by atomic mass is 35.5. The first-order valence-corrected chi connectivity index (χ1v) is 10.1. The average Bonchev–Trinajstić information content (AvgIpc) is 3.28. The maximum Gasteiger partial charge on any atom is 0.319 e. The SMILES string of the molecule is O=C(Nc1cnn(-c2ccnc(Nc3ccccc3Cl)n2)c1)N[C@@H](CO)c1ccccc1. The molecule has 4 rings (SSSR count). The van der Waals surface area contributed by atoms with Crippen molar-refractivity contribution >= 4 is 35.0 Å². The van der Waals surface area contributed by atoms with Gasteiger partial charge in [0.25, 0.3) is 0 Å². The van der Waals surface area contributed by atoms with Gasteiger partial charge in [-0.1, -0.05) is 54.1 Å². The molecule has 0 saturated carbocycles. The highest BCUT2D eigenvalue weighted by Crippen LogP contribution is 2.23. The zero-order chi connectivity index (χ0) is 22.3. The molecule has 0 aliphatic carbocycles. The number of benzene rings is 2. The first-order chi connectivity index (χ1) is 15.6. The normalized spacial score (nSPS) is 11.6. The van der Waals surface area contributed by atoms with E-state index in [1.54, 1.807) is 24.5 Å². The van der Waals surface area contributed by atoms with Gasteiger partial charge >= 0.3 is 6.03 Å². The van der Waals surface area contributed by atoms with Crippen LogP contribution in [0.5, 0.6) is 0 Å². The van der Waals surface area contributed by atoms with Crippen LogP contribution in [0.25, 0.3) is 5.82 Å². The molecule has 1 atom stereocenters. The summed E-state index contributed by atoms with van der Waals surface area (Å²) < 4.78 is 1.51. The summed E-state index contributed by atoms with van der Waals surface area (Å²) in [7, 11) is 0. The smallest absolute Gasteiger partial charge is 0.319 e. The third-order valence-electron chi connectivity index (χ3n) is 4.53. The number of aliphatic hydroxyl groups excluding tert-OH is 1. The van der Waals surface area contributed by atoms with Gasteiger partial charge in [-0.05, 0) is 17.7 Å². The van der Waals surface area contributed by atoms with Crippen LogP contribution < -0.4 is 16.0 Å². The zero-order valence-electron chi connectivity index (χ0n) is 16.8. The fourth-order valence-electron chi connectivity index (χ4n) is 2.98. The van der Waals surface area contributed by atoms with Crippen molar-refractivity contribution in [2.75, 3.05) is 17.2 Å². The Balaban J connectivity index is 1.42. The molecular formula is C22H20ClN7O2. The molecule has 0 saturated heterocycles. The Bertz CT molecular complexity index is 1200. The number of hydrogen-bond acceptors (Lipinski definition) is 6. The van der Waals surface area contributed by atoms with Crippen molar-refractivity contribution in [2.45, 2.75) is 6.04 Å². The van der Waals surface area contributed by atoms with Crippen LogP contribution in [0.2, 0.25) is 5.02 Å². The Morgan fingerprint density at radius 2 is 1.88 bits per heavy atom. The van der Waals surface area contributed by atoms with Gasteiger partial charge in [-0.15, -0.1) is 0 Å². The fraction of sp³-hybridized carbons (Fsp3) is 0.0909. The summed E-state index contributed by atoms with van der Waals surface area (Å²) in [6.45, 7) is -0.223. The van der Waals surface area contributed by atoms with E-state index >= 15 is 0 Å². The van der Waals surface area contributed by atoms with Crippen LogP contribution in [0.4, 0.5) is 22.1 Å². The molecule has 2 aromatic carbocycles. The van der Waals surface area contributed by atoms with Crippen LogP contribution in [0.3, 0.4) is 0 Å². The van der Waals surface area contributed by atoms with Gasteiger partial charge < -0.3 is 21.1 Å². The molecule has 4 aromatic rings. The van der Waals surface area contributed by atoms with Crippen molar-refractivity contribution in [3.8, 4) is 5.82 Å². The monoisotopic (exact) mass is 449 g/mol. The van der Waals surface area contributed by atoms with Gasteiger partial charge in [-0.2, -0.15) is 10.1 Å². The van der Waals surface area contributed by atoms with E-state index in [9.17, 15) is 9.90 Å². The van der Waals surface area contributed by atoms with E-state index in [-0.39, 0.29) is 6.61 Å². The van der Waals surface area contributed by atoms with Crippen LogP contribution in [0.1, 0.15) is 11.6 Å². The van der Waals surface area contributed by atoms with Crippen molar-refractivity contribution in [3.63, 3.8) is 0 Å². The van der Waals surface area contributed by atoms with Gasteiger partial charge in [0.05, 0.1) is 41.4 Å². The Labute approximate surface area is 189 Å². The number of rotatable bonds is 7. The van der Waals surface area contributed by atoms with E-state index in [4.69, 9.17) is 11.6 Å². The molecular weight excluding hydrogens is 430 g/mol. The highest BCUT2D eigenvalue weighted by molar-refractivity contribution is 6.33. The molecule has 0 radical (unpaired) electrons. The molecule has 2 amide bonds. The van der Waals surface area contributed by atoms with E-state index < -0.39 is 12.1 Å². The molecule has 0 fully saturated rings. The van der Waals surface area contributed by atoms with E-state index in [1.807, 2.05) is 48.5 Å². The number of para-hydroxylation sites is 1. The van der Waals surface area contributed by atoms with Crippen molar-refractivity contribution in [3.05, 3.63) is 89.8 Å². The number of carbonyl (C=O) groups excluding carboxylic acids is 1. The predicted octanol–water partition coefficient (Wildman–Crippen LogP) is 3.91. The standard InChI is InChI=1S/C22H20ClN7O2/c23-17-8-4-5-9-18(17)27-21-24-11-10-20(29-21)30-13-16(12-25-30)26-22(32)28-19(14-31)15-6-2-1-3-7-15/h1-13,19,31H,14H2,(H,24,27,29)(H2,26,28,32)/t19-/m0/s1. The maximum absolute atomic E-state index is 12.4. The number of nitrogens with zero attached hydrogens (tertiary/aromatic N) is 4. The van der Waals surface area contributed by atoms with Crippen LogP contribution in [-0.4, -0.2) is 37.5 Å². The largest absolute Gasteiger partial charge is 0.394 e. The van der Waals surface area contributed by atoms with Gasteiger partial charge in [0.2, 0.25) is 5.95 Å². The summed E-state index contributed by atoms with van der Waals surface area (Å²) in [6, 6.07) is 17.2. The summed E-state index contributed by atoms with van der Waals surface area (Å²) in [6.07, 6.45) is 4.71. The molecule has 0 aliphatic rings. The van der Waals surface area contributed by atoms with Crippen LogP contribution in [0.15, 0.2) is 79.3 Å². The Morgan fingerprint density at radius 1 is 1.09 bits per heavy atom.